The minimum absolute atomic E-state index is 0.810. The van der Waals surface area contributed by atoms with E-state index in [0.717, 1.165) is 24.6 Å². The lowest BCUT2D eigenvalue weighted by atomic mass is 10.1. The van der Waals surface area contributed by atoms with Gasteiger partial charge < -0.3 is 14.7 Å². The van der Waals surface area contributed by atoms with Crippen LogP contribution in [0.4, 0.5) is 0 Å². The van der Waals surface area contributed by atoms with Crippen LogP contribution in [0.3, 0.4) is 0 Å². The van der Waals surface area contributed by atoms with E-state index in [-0.39, 0.29) is 0 Å². The highest BCUT2D eigenvalue weighted by Crippen LogP contribution is 2.14. The Morgan fingerprint density at radius 2 is 2.60 bits per heavy atom. The van der Waals surface area contributed by atoms with Crippen LogP contribution in [0.15, 0.2) is 17.0 Å². The second-order valence-electron chi connectivity index (χ2n) is 4.21. The van der Waals surface area contributed by atoms with Crippen molar-refractivity contribution in [2.75, 3.05) is 26.2 Å². The first-order chi connectivity index (χ1) is 7.38. The van der Waals surface area contributed by atoms with Crippen molar-refractivity contribution in [2.45, 2.75) is 19.9 Å². The molecule has 1 aromatic heterocycles. The minimum Gasteiger partial charge on any atom is -0.364 e. The van der Waals surface area contributed by atoms with Gasteiger partial charge in [-0.1, -0.05) is 12.1 Å². The first kappa shape index (κ1) is 10.6. The van der Waals surface area contributed by atoms with Crippen LogP contribution in [-0.4, -0.2) is 36.2 Å². The number of hydrogen-bond acceptors (Lipinski definition) is 4. The largest absolute Gasteiger partial charge is 0.364 e. The third-order valence-electron chi connectivity index (χ3n) is 3.06. The summed E-state index contributed by atoms with van der Waals surface area (Å²) < 4.78 is 4.77. The molecule has 2 heterocycles. The van der Waals surface area contributed by atoms with E-state index >= 15 is 0 Å². The van der Waals surface area contributed by atoms with Crippen LogP contribution >= 0.6 is 0 Å². The molecule has 1 N–H and O–H groups in total. The lowest BCUT2D eigenvalue weighted by Crippen LogP contribution is -2.26. The molecule has 1 aliphatic rings. The molecule has 1 fully saturated rings. The molecular formula is C11H19N3O. The smallest absolute Gasteiger partial charge is 0.128 e. The van der Waals surface area contributed by atoms with Crippen molar-refractivity contribution in [2.24, 2.45) is 5.92 Å². The van der Waals surface area contributed by atoms with Crippen molar-refractivity contribution < 1.29 is 4.52 Å². The van der Waals surface area contributed by atoms with Crippen molar-refractivity contribution >= 4 is 0 Å². The van der Waals surface area contributed by atoms with Gasteiger partial charge in [-0.15, -0.1) is 0 Å². The lowest BCUT2D eigenvalue weighted by molar-refractivity contribution is 0.339. The maximum absolute atomic E-state index is 4.77. The van der Waals surface area contributed by atoms with Crippen LogP contribution in [0.25, 0.3) is 0 Å². The van der Waals surface area contributed by atoms with E-state index < -0.39 is 0 Å². The number of nitrogens with one attached hydrogen (secondary N) is 1. The van der Waals surface area contributed by atoms with E-state index in [1.165, 1.54) is 26.1 Å². The van der Waals surface area contributed by atoms with Gasteiger partial charge >= 0.3 is 0 Å². The van der Waals surface area contributed by atoms with Crippen molar-refractivity contribution in [3.8, 4) is 0 Å². The molecule has 1 aliphatic heterocycles. The summed E-state index contributed by atoms with van der Waals surface area (Å²) in [6.07, 6.45) is 4.78. The van der Waals surface area contributed by atoms with Crippen molar-refractivity contribution in [1.29, 1.82) is 0 Å². The monoisotopic (exact) mass is 209 g/mol. The quantitative estimate of drug-likeness (QED) is 0.788. The third-order valence-corrected chi connectivity index (χ3v) is 3.06. The molecule has 0 saturated carbocycles. The summed E-state index contributed by atoms with van der Waals surface area (Å²) in [5.41, 5.74) is 1.13. The van der Waals surface area contributed by atoms with Gasteiger partial charge in [0.2, 0.25) is 0 Å². The van der Waals surface area contributed by atoms with Crippen LogP contribution in [0, 0.1) is 5.92 Å². The van der Waals surface area contributed by atoms with Gasteiger partial charge in [-0.05, 0) is 32.0 Å². The summed E-state index contributed by atoms with van der Waals surface area (Å²) in [5, 5.41) is 7.12. The Kier molecular flexibility index (Phi) is 3.75. The lowest BCUT2D eigenvalue weighted by Gasteiger charge is -2.13. The number of aromatic nitrogens is 1. The summed E-state index contributed by atoms with van der Waals surface area (Å²) in [4.78, 5) is 2.51. The fraction of sp³-hybridized carbons (Fsp3) is 0.727. The molecule has 0 amide bonds. The molecule has 4 heteroatoms. The highest BCUT2D eigenvalue weighted by Gasteiger charge is 2.20. The van der Waals surface area contributed by atoms with Crippen LogP contribution in [0.1, 0.15) is 18.9 Å². The zero-order chi connectivity index (χ0) is 10.5. The molecular weight excluding hydrogens is 190 g/mol. The molecule has 0 spiro atoms. The normalized spacial score (nSPS) is 22.3. The standard InChI is InChI=1S/C11H19N3O/c1-2-14-4-3-10(8-14)5-12-6-11-7-13-15-9-11/h7,9-10,12H,2-6,8H2,1H3. The van der Waals surface area contributed by atoms with Crippen LogP contribution in [0.5, 0.6) is 0 Å². The Morgan fingerprint density at radius 1 is 1.67 bits per heavy atom. The maximum atomic E-state index is 4.77. The number of hydrogen-bond donors (Lipinski definition) is 1. The van der Waals surface area contributed by atoms with Gasteiger partial charge in [0.15, 0.2) is 0 Å². The third kappa shape index (κ3) is 3.04. The van der Waals surface area contributed by atoms with Gasteiger partial charge in [-0.3, -0.25) is 0 Å². The first-order valence-electron chi connectivity index (χ1n) is 5.70. The van der Waals surface area contributed by atoms with Crippen molar-refractivity contribution in [1.82, 2.24) is 15.4 Å². The SMILES string of the molecule is CCN1CCC(CNCc2cnoc2)C1. The predicted molar refractivity (Wildman–Crippen MR) is 58.4 cm³/mol. The predicted octanol–water partition coefficient (Wildman–Crippen LogP) is 1.11. The van der Waals surface area contributed by atoms with Gasteiger partial charge in [0.1, 0.15) is 6.26 Å². The second kappa shape index (κ2) is 5.28. The minimum atomic E-state index is 0.810. The van der Waals surface area contributed by atoms with E-state index in [1.54, 1.807) is 12.5 Å². The Labute approximate surface area is 90.6 Å². The summed E-state index contributed by atoms with van der Waals surface area (Å²) >= 11 is 0. The Balaban J connectivity index is 1.63. The fourth-order valence-electron chi connectivity index (χ4n) is 2.10. The first-order valence-corrected chi connectivity index (χ1v) is 5.70. The fourth-order valence-corrected chi connectivity index (χ4v) is 2.10. The molecule has 1 atom stereocenters. The maximum Gasteiger partial charge on any atom is 0.128 e. The zero-order valence-corrected chi connectivity index (χ0v) is 9.28. The number of rotatable bonds is 5. The van der Waals surface area contributed by atoms with Crippen LogP contribution in [-0.2, 0) is 6.54 Å². The highest BCUT2D eigenvalue weighted by molar-refractivity contribution is 4.99. The van der Waals surface area contributed by atoms with Crippen molar-refractivity contribution in [3.63, 3.8) is 0 Å². The molecule has 0 radical (unpaired) electrons. The van der Waals surface area contributed by atoms with Gasteiger partial charge in [-0.2, -0.15) is 0 Å². The van der Waals surface area contributed by atoms with E-state index in [2.05, 4.69) is 22.3 Å². The average molecular weight is 209 g/mol. The topological polar surface area (TPSA) is 41.3 Å². The van der Waals surface area contributed by atoms with E-state index in [9.17, 15) is 0 Å². The summed E-state index contributed by atoms with van der Waals surface area (Å²) in [6.45, 7) is 7.88. The van der Waals surface area contributed by atoms with E-state index in [0.29, 0.717) is 0 Å². The Hall–Kier alpha value is -0.870. The Morgan fingerprint density at radius 3 is 3.27 bits per heavy atom. The van der Waals surface area contributed by atoms with Gasteiger partial charge in [0.25, 0.3) is 0 Å². The molecule has 1 aromatic rings. The molecule has 1 saturated heterocycles. The second-order valence-corrected chi connectivity index (χ2v) is 4.21. The average Bonchev–Trinajstić information content (AvgIpc) is 2.88. The van der Waals surface area contributed by atoms with Crippen LogP contribution in [0.2, 0.25) is 0 Å². The summed E-state index contributed by atoms with van der Waals surface area (Å²) in [7, 11) is 0. The molecule has 0 aliphatic carbocycles. The number of likely N-dealkylation sites (tertiary alicyclic amines) is 1. The summed E-state index contributed by atoms with van der Waals surface area (Å²) in [5.74, 6) is 0.810. The Bertz CT molecular complexity index is 273. The van der Waals surface area contributed by atoms with E-state index in [1.807, 2.05) is 0 Å². The van der Waals surface area contributed by atoms with Gasteiger partial charge in [-0.25, -0.2) is 0 Å². The molecule has 15 heavy (non-hydrogen) atoms. The number of nitrogens with zero attached hydrogens (tertiary/aromatic N) is 2. The van der Waals surface area contributed by atoms with Gasteiger partial charge in [0, 0.05) is 18.7 Å². The zero-order valence-electron chi connectivity index (χ0n) is 9.28. The summed E-state index contributed by atoms with van der Waals surface area (Å²) in [6, 6.07) is 0. The molecule has 84 valence electrons. The highest BCUT2D eigenvalue weighted by atomic mass is 16.5. The van der Waals surface area contributed by atoms with Gasteiger partial charge in [0.05, 0.1) is 6.20 Å². The molecule has 4 nitrogen and oxygen atoms in total. The van der Waals surface area contributed by atoms with E-state index in [4.69, 9.17) is 4.52 Å². The molecule has 2 rings (SSSR count). The molecule has 0 aromatic carbocycles. The molecule has 1 unspecified atom stereocenters. The van der Waals surface area contributed by atoms with Crippen LogP contribution < -0.4 is 5.32 Å². The molecule has 0 bridgehead atoms. The van der Waals surface area contributed by atoms with Crippen molar-refractivity contribution in [3.05, 3.63) is 18.0 Å².